The molecule has 0 N–H and O–H groups in total. The molecule has 2 heteroatoms. The van der Waals surface area contributed by atoms with Gasteiger partial charge in [-0.1, -0.05) is 37.1 Å². The first-order valence-electron chi connectivity index (χ1n) is 7.93. The maximum atomic E-state index is 4.65. The van der Waals surface area contributed by atoms with E-state index in [1.165, 1.54) is 29.7 Å². The van der Waals surface area contributed by atoms with Gasteiger partial charge >= 0.3 is 0 Å². The molecule has 0 spiro atoms. The lowest BCUT2D eigenvalue weighted by atomic mass is 9.70. The maximum Gasteiger partial charge on any atom is 0.0700 e. The third-order valence-electron chi connectivity index (χ3n) is 5.70. The van der Waals surface area contributed by atoms with Crippen LogP contribution in [0.5, 0.6) is 0 Å². The molecule has 2 aliphatic rings. The zero-order chi connectivity index (χ0) is 14.6. The number of fused-ring (bicyclic) bond motifs is 2. The van der Waals surface area contributed by atoms with Gasteiger partial charge in [-0.05, 0) is 61.3 Å². The summed E-state index contributed by atoms with van der Waals surface area (Å²) < 4.78 is 2.10. The molecule has 21 heavy (non-hydrogen) atoms. The first-order chi connectivity index (χ1) is 10.1. The molecule has 0 amide bonds. The van der Waals surface area contributed by atoms with Gasteiger partial charge in [-0.2, -0.15) is 5.10 Å². The van der Waals surface area contributed by atoms with Crippen LogP contribution in [0.1, 0.15) is 43.5 Å². The van der Waals surface area contributed by atoms with Crippen molar-refractivity contribution in [3.05, 3.63) is 52.9 Å². The van der Waals surface area contributed by atoms with Crippen molar-refractivity contribution in [2.75, 3.05) is 0 Å². The average Bonchev–Trinajstić information content (AvgIpc) is 2.99. The molecule has 0 bridgehead atoms. The van der Waals surface area contributed by atoms with Gasteiger partial charge in [0.15, 0.2) is 0 Å². The monoisotopic (exact) mass is 278 g/mol. The highest BCUT2D eigenvalue weighted by Crippen LogP contribution is 2.52. The van der Waals surface area contributed by atoms with Gasteiger partial charge in [-0.3, -0.25) is 0 Å². The Balaban J connectivity index is 1.82. The number of rotatable bonds is 1. The Labute approximate surface area is 126 Å². The highest BCUT2D eigenvalue weighted by Gasteiger charge is 2.43. The Kier molecular flexibility index (Phi) is 2.66. The van der Waals surface area contributed by atoms with Gasteiger partial charge in [0.2, 0.25) is 0 Å². The summed E-state index contributed by atoms with van der Waals surface area (Å²) in [6.45, 7) is 6.95. The van der Waals surface area contributed by atoms with Gasteiger partial charge in [0.25, 0.3) is 0 Å². The molecule has 4 rings (SSSR count). The largest absolute Gasteiger partial charge is 0.233 e. The molecule has 1 fully saturated rings. The minimum atomic E-state index is 0.355. The zero-order valence-corrected chi connectivity index (χ0v) is 13.1. The topological polar surface area (TPSA) is 17.8 Å². The molecule has 0 aliphatic heterocycles. The molecular formula is C19H22N2. The Morgan fingerprint density at radius 3 is 2.76 bits per heavy atom. The second-order valence-corrected chi connectivity index (χ2v) is 7.01. The fourth-order valence-corrected chi connectivity index (χ4v) is 3.95. The molecule has 2 aromatic rings. The average molecular weight is 278 g/mol. The van der Waals surface area contributed by atoms with Gasteiger partial charge in [0.1, 0.15) is 0 Å². The number of hydrogen-bond acceptors (Lipinski definition) is 1. The number of benzene rings is 1. The molecule has 1 heterocycles. The summed E-state index contributed by atoms with van der Waals surface area (Å²) in [7, 11) is 0. The van der Waals surface area contributed by atoms with E-state index >= 15 is 0 Å². The summed E-state index contributed by atoms with van der Waals surface area (Å²) >= 11 is 0. The summed E-state index contributed by atoms with van der Waals surface area (Å²) in [6.07, 6.45) is 8.19. The second kappa shape index (κ2) is 4.33. The highest BCUT2D eigenvalue weighted by molar-refractivity contribution is 5.61. The van der Waals surface area contributed by atoms with Crippen LogP contribution in [-0.2, 0) is 6.42 Å². The van der Waals surface area contributed by atoms with E-state index in [9.17, 15) is 0 Å². The second-order valence-electron chi connectivity index (χ2n) is 7.01. The molecule has 1 saturated carbocycles. The first-order valence-corrected chi connectivity index (χ1v) is 7.93. The van der Waals surface area contributed by atoms with Crippen LogP contribution in [0.3, 0.4) is 0 Å². The van der Waals surface area contributed by atoms with Crippen LogP contribution in [0.15, 0.2) is 36.0 Å². The van der Waals surface area contributed by atoms with Gasteiger partial charge in [-0.15, -0.1) is 0 Å². The van der Waals surface area contributed by atoms with Crippen molar-refractivity contribution in [1.82, 2.24) is 9.78 Å². The van der Waals surface area contributed by atoms with Crippen LogP contribution in [0.25, 0.3) is 11.8 Å². The van der Waals surface area contributed by atoms with E-state index in [0.717, 1.165) is 18.0 Å². The normalized spacial score (nSPS) is 27.2. The Bertz CT molecular complexity index is 721. The van der Waals surface area contributed by atoms with E-state index in [0.29, 0.717) is 5.41 Å². The van der Waals surface area contributed by atoms with Gasteiger partial charge in [0, 0.05) is 0 Å². The van der Waals surface area contributed by atoms with Crippen LogP contribution >= 0.6 is 0 Å². The predicted molar refractivity (Wildman–Crippen MR) is 86.5 cm³/mol. The lowest BCUT2D eigenvalue weighted by Crippen LogP contribution is -2.27. The van der Waals surface area contributed by atoms with E-state index in [1.807, 2.05) is 0 Å². The Morgan fingerprint density at radius 2 is 2.00 bits per heavy atom. The van der Waals surface area contributed by atoms with Crippen LogP contribution in [0.2, 0.25) is 0 Å². The van der Waals surface area contributed by atoms with Crippen molar-refractivity contribution in [3.8, 4) is 5.69 Å². The van der Waals surface area contributed by atoms with Crippen LogP contribution in [-0.4, -0.2) is 9.78 Å². The van der Waals surface area contributed by atoms with Crippen LogP contribution < -0.4 is 0 Å². The molecule has 0 saturated heterocycles. The smallest absolute Gasteiger partial charge is 0.0700 e. The Morgan fingerprint density at radius 1 is 1.24 bits per heavy atom. The summed E-state index contributed by atoms with van der Waals surface area (Å²) in [4.78, 5) is 0. The molecule has 108 valence electrons. The standard InChI is InChI=1S/C19H22N2/c1-13-4-8-17(9-5-13)21-18-10-16-7-6-14(2)19(16,3)11-15(18)12-20-21/h4-5,8-10,12,14H,6-7,11H2,1-3H3/t14-,19-/m1/s1. The minimum Gasteiger partial charge on any atom is -0.233 e. The van der Waals surface area contributed by atoms with E-state index in [2.05, 4.69) is 67.1 Å². The third kappa shape index (κ3) is 1.81. The van der Waals surface area contributed by atoms with Gasteiger partial charge in [-0.25, -0.2) is 4.68 Å². The van der Waals surface area contributed by atoms with E-state index in [1.54, 1.807) is 5.57 Å². The molecule has 0 unspecified atom stereocenters. The molecule has 2 atom stereocenters. The number of nitrogens with zero attached hydrogens (tertiary/aromatic N) is 2. The fourth-order valence-electron chi connectivity index (χ4n) is 3.95. The van der Waals surface area contributed by atoms with Crippen molar-refractivity contribution in [1.29, 1.82) is 0 Å². The number of aromatic nitrogens is 2. The molecule has 1 aromatic heterocycles. The van der Waals surface area contributed by atoms with Crippen molar-refractivity contribution < 1.29 is 0 Å². The van der Waals surface area contributed by atoms with Crippen LogP contribution in [0, 0.1) is 18.3 Å². The maximum absolute atomic E-state index is 4.65. The molecule has 2 aliphatic carbocycles. The van der Waals surface area contributed by atoms with Crippen molar-refractivity contribution in [3.63, 3.8) is 0 Å². The van der Waals surface area contributed by atoms with Crippen molar-refractivity contribution in [2.24, 2.45) is 11.3 Å². The zero-order valence-electron chi connectivity index (χ0n) is 13.1. The van der Waals surface area contributed by atoms with E-state index in [4.69, 9.17) is 0 Å². The highest BCUT2D eigenvalue weighted by atomic mass is 15.3. The summed E-state index contributed by atoms with van der Waals surface area (Å²) in [5.74, 6) is 0.777. The van der Waals surface area contributed by atoms with Crippen molar-refractivity contribution in [2.45, 2.75) is 40.0 Å². The first kappa shape index (κ1) is 12.9. The SMILES string of the molecule is Cc1ccc(-n2ncc3c2C=C2CC[C@@H](C)[C@@]2(C)C3)cc1. The van der Waals surface area contributed by atoms with E-state index < -0.39 is 0 Å². The number of aryl methyl sites for hydroxylation is 1. The lowest BCUT2D eigenvalue weighted by Gasteiger charge is -2.34. The van der Waals surface area contributed by atoms with E-state index in [-0.39, 0.29) is 0 Å². The van der Waals surface area contributed by atoms with Gasteiger partial charge in [0.05, 0.1) is 17.6 Å². The summed E-state index contributed by atoms with van der Waals surface area (Å²) in [5, 5.41) is 4.65. The van der Waals surface area contributed by atoms with Gasteiger partial charge < -0.3 is 0 Å². The number of hydrogen-bond donors (Lipinski definition) is 0. The molecule has 0 radical (unpaired) electrons. The summed E-state index contributed by atoms with van der Waals surface area (Å²) in [6, 6.07) is 8.63. The third-order valence-corrected chi connectivity index (χ3v) is 5.70. The predicted octanol–water partition coefficient (Wildman–Crippen LogP) is 4.56. The summed E-state index contributed by atoms with van der Waals surface area (Å²) in [5.41, 5.74) is 7.12. The van der Waals surface area contributed by atoms with Crippen molar-refractivity contribution >= 4 is 6.08 Å². The lowest BCUT2D eigenvalue weighted by molar-refractivity contribution is 0.294. The molecule has 1 aromatic carbocycles. The fraction of sp³-hybridized carbons (Fsp3) is 0.421. The molecule has 2 nitrogen and oxygen atoms in total. The minimum absolute atomic E-state index is 0.355. The quantitative estimate of drug-likeness (QED) is 0.748. The van der Waals surface area contributed by atoms with Crippen LogP contribution in [0.4, 0.5) is 0 Å². The number of allylic oxidation sites excluding steroid dienone is 1. The Hall–Kier alpha value is -1.83. The molecular weight excluding hydrogens is 256 g/mol.